The Balaban J connectivity index is 1.27. The van der Waals surface area contributed by atoms with Crippen LogP contribution in [0, 0.1) is 5.92 Å². The van der Waals surface area contributed by atoms with Crippen LogP contribution < -0.4 is 5.32 Å². The number of hydrogen-bond acceptors (Lipinski definition) is 6. The van der Waals surface area contributed by atoms with Crippen molar-refractivity contribution in [1.29, 1.82) is 0 Å². The molecule has 2 aliphatic rings. The number of carbonyl (C=O) groups is 2. The van der Waals surface area contributed by atoms with Crippen molar-refractivity contribution in [3.8, 4) is 11.4 Å². The Morgan fingerprint density at radius 1 is 1.27 bits per heavy atom. The van der Waals surface area contributed by atoms with Gasteiger partial charge >= 0.3 is 0 Å². The molecule has 8 nitrogen and oxygen atoms in total. The van der Waals surface area contributed by atoms with E-state index < -0.39 is 0 Å². The summed E-state index contributed by atoms with van der Waals surface area (Å²) in [4.78, 5) is 32.7. The minimum Gasteiger partial charge on any atom is -0.354 e. The van der Waals surface area contributed by atoms with Crippen LogP contribution in [-0.2, 0) is 16.1 Å². The second-order valence-corrected chi connectivity index (χ2v) is 8.25. The number of halogens is 1. The van der Waals surface area contributed by atoms with Crippen molar-refractivity contribution >= 4 is 23.4 Å². The van der Waals surface area contributed by atoms with Crippen LogP contribution in [0.1, 0.15) is 31.6 Å². The number of aromatic nitrogens is 2. The Morgan fingerprint density at radius 2 is 2.13 bits per heavy atom. The van der Waals surface area contributed by atoms with Gasteiger partial charge in [0.25, 0.3) is 0 Å². The van der Waals surface area contributed by atoms with Gasteiger partial charge in [-0.25, -0.2) is 0 Å². The van der Waals surface area contributed by atoms with Crippen molar-refractivity contribution in [3.05, 3.63) is 35.2 Å². The Kier molecular flexibility index (Phi) is 6.64. The van der Waals surface area contributed by atoms with Crippen LogP contribution >= 0.6 is 11.6 Å². The summed E-state index contributed by atoms with van der Waals surface area (Å²) >= 11 is 6.21. The molecule has 1 unspecified atom stereocenters. The summed E-state index contributed by atoms with van der Waals surface area (Å²) in [7, 11) is 0. The van der Waals surface area contributed by atoms with E-state index >= 15 is 0 Å². The molecule has 1 aromatic heterocycles. The third kappa shape index (κ3) is 4.99. The first-order valence-corrected chi connectivity index (χ1v) is 10.8. The van der Waals surface area contributed by atoms with Gasteiger partial charge in [-0.15, -0.1) is 0 Å². The number of piperidine rings is 1. The Labute approximate surface area is 180 Å². The minimum atomic E-state index is -0.0704. The maximum Gasteiger partial charge on any atom is 0.241 e. The molecule has 2 fully saturated rings. The highest BCUT2D eigenvalue weighted by atomic mass is 35.5. The summed E-state index contributed by atoms with van der Waals surface area (Å²) in [5.41, 5.74) is 0.738. The summed E-state index contributed by atoms with van der Waals surface area (Å²) in [6.45, 7) is 3.93. The van der Waals surface area contributed by atoms with E-state index in [-0.39, 0.29) is 17.7 Å². The summed E-state index contributed by atoms with van der Waals surface area (Å²) in [6.07, 6.45) is 3.34. The SMILES string of the molecule is O=C(NCCN1CCCC1=O)C1CCCN(Cc2nc(-c3ccccc3Cl)no2)C1. The lowest BCUT2D eigenvalue weighted by Crippen LogP contribution is -2.44. The Hall–Kier alpha value is -2.45. The summed E-state index contributed by atoms with van der Waals surface area (Å²) in [6, 6.07) is 7.38. The van der Waals surface area contributed by atoms with Gasteiger partial charge < -0.3 is 14.7 Å². The molecule has 0 bridgehead atoms. The van der Waals surface area contributed by atoms with E-state index in [0.29, 0.717) is 49.3 Å². The fourth-order valence-corrected chi connectivity index (χ4v) is 4.29. The number of likely N-dealkylation sites (tertiary alicyclic amines) is 2. The normalized spacial score (nSPS) is 20.0. The molecule has 2 aliphatic heterocycles. The van der Waals surface area contributed by atoms with Crippen LogP contribution in [0.2, 0.25) is 5.02 Å². The molecule has 30 heavy (non-hydrogen) atoms. The Bertz CT molecular complexity index is 902. The van der Waals surface area contributed by atoms with Crippen molar-refractivity contribution in [2.24, 2.45) is 5.92 Å². The first kappa shape index (κ1) is 20.8. The van der Waals surface area contributed by atoms with Gasteiger partial charge in [0.15, 0.2) is 0 Å². The molecule has 160 valence electrons. The van der Waals surface area contributed by atoms with Gasteiger partial charge in [0, 0.05) is 38.2 Å². The van der Waals surface area contributed by atoms with Gasteiger partial charge in [-0.3, -0.25) is 14.5 Å². The maximum atomic E-state index is 12.6. The van der Waals surface area contributed by atoms with Crippen LogP contribution in [0.15, 0.2) is 28.8 Å². The molecule has 1 N–H and O–H groups in total. The molecule has 0 saturated carbocycles. The predicted molar refractivity (Wildman–Crippen MR) is 112 cm³/mol. The first-order chi connectivity index (χ1) is 14.6. The number of nitrogens with one attached hydrogen (secondary N) is 1. The van der Waals surface area contributed by atoms with Crippen molar-refractivity contribution in [2.75, 3.05) is 32.7 Å². The molecule has 0 radical (unpaired) electrons. The monoisotopic (exact) mass is 431 g/mol. The molecule has 0 spiro atoms. The number of carbonyl (C=O) groups excluding carboxylic acids is 2. The van der Waals surface area contributed by atoms with Crippen molar-refractivity contribution < 1.29 is 14.1 Å². The highest BCUT2D eigenvalue weighted by Crippen LogP contribution is 2.25. The van der Waals surface area contributed by atoms with E-state index in [2.05, 4.69) is 20.4 Å². The summed E-state index contributed by atoms with van der Waals surface area (Å²) in [5, 5.41) is 7.61. The zero-order valence-corrected chi connectivity index (χ0v) is 17.6. The van der Waals surface area contributed by atoms with Gasteiger partial charge in [0.05, 0.1) is 17.5 Å². The standard InChI is InChI=1S/C21H26ClN5O3/c22-17-7-2-1-6-16(17)20-24-18(30-25-20)14-26-10-3-5-15(13-26)21(29)23-9-12-27-11-4-8-19(27)28/h1-2,6-7,15H,3-5,8-14H2,(H,23,29). The maximum absolute atomic E-state index is 12.6. The average Bonchev–Trinajstić information content (AvgIpc) is 3.37. The van der Waals surface area contributed by atoms with Gasteiger partial charge in [-0.2, -0.15) is 4.98 Å². The lowest BCUT2D eigenvalue weighted by Gasteiger charge is -2.31. The number of benzene rings is 1. The van der Waals surface area contributed by atoms with E-state index in [1.807, 2.05) is 23.1 Å². The second kappa shape index (κ2) is 9.57. The summed E-state index contributed by atoms with van der Waals surface area (Å²) in [5.74, 6) is 1.15. The molecule has 2 saturated heterocycles. The van der Waals surface area contributed by atoms with Gasteiger partial charge in [0.1, 0.15) is 0 Å². The van der Waals surface area contributed by atoms with E-state index in [0.717, 1.165) is 37.9 Å². The molecule has 2 aromatic rings. The predicted octanol–water partition coefficient (Wildman–Crippen LogP) is 2.34. The largest absolute Gasteiger partial charge is 0.354 e. The lowest BCUT2D eigenvalue weighted by atomic mass is 9.97. The topological polar surface area (TPSA) is 91.6 Å². The third-order valence-electron chi connectivity index (χ3n) is 5.67. The molecular formula is C21H26ClN5O3. The fourth-order valence-electron chi connectivity index (χ4n) is 4.07. The molecule has 4 rings (SSSR count). The Morgan fingerprint density at radius 3 is 2.93 bits per heavy atom. The van der Waals surface area contributed by atoms with E-state index in [9.17, 15) is 9.59 Å². The van der Waals surface area contributed by atoms with Gasteiger partial charge in [-0.05, 0) is 37.9 Å². The highest BCUT2D eigenvalue weighted by Gasteiger charge is 2.27. The smallest absolute Gasteiger partial charge is 0.241 e. The van der Waals surface area contributed by atoms with Crippen LogP contribution in [-0.4, -0.2) is 64.5 Å². The second-order valence-electron chi connectivity index (χ2n) is 7.84. The van der Waals surface area contributed by atoms with Crippen LogP contribution in [0.25, 0.3) is 11.4 Å². The quantitative estimate of drug-likeness (QED) is 0.723. The van der Waals surface area contributed by atoms with Crippen molar-refractivity contribution in [1.82, 2.24) is 25.3 Å². The van der Waals surface area contributed by atoms with E-state index in [1.165, 1.54) is 0 Å². The molecule has 9 heteroatoms. The van der Waals surface area contributed by atoms with E-state index in [4.69, 9.17) is 16.1 Å². The minimum absolute atomic E-state index is 0.0497. The third-order valence-corrected chi connectivity index (χ3v) is 6.00. The molecule has 1 aromatic carbocycles. The molecule has 0 aliphatic carbocycles. The van der Waals surface area contributed by atoms with Gasteiger partial charge in [0.2, 0.25) is 23.5 Å². The zero-order valence-electron chi connectivity index (χ0n) is 16.8. The highest BCUT2D eigenvalue weighted by molar-refractivity contribution is 6.33. The number of hydrogen-bond donors (Lipinski definition) is 1. The lowest BCUT2D eigenvalue weighted by molar-refractivity contribution is -0.129. The first-order valence-electron chi connectivity index (χ1n) is 10.5. The summed E-state index contributed by atoms with van der Waals surface area (Å²) < 4.78 is 5.41. The molecule has 2 amide bonds. The number of amides is 2. The average molecular weight is 432 g/mol. The van der Waals surface area contributed by atoms with Crippen molar-refractivity contribution in [3.63, 3.8) is 0 Å². The number of rotatable bonds is 7. The number of nitrogens with zero attached hydrogens (tertiary/aromatic N) is 4. The van der Waals surface area contributed by atoms with Crippen LogP contribution in [0.4, 0.5) is 0 Å². The molecule has 1 atom stereocenters. The molecule has 3 heterocycles. The van der Waals surface area contributed by atoms with Crippen LogP contribution in [0.3, 0.4) is 0 Å². The van der Waals surface area contributed by atoms with Gasteiger partial charge in [-0.1, -0.05) is 28.9 Å². The zero-order chi connectivity index (χ0) is 20.9. The fraction of sp³-hybridized carbons (Fsp3) is 0.524. The molecular weight excluding hydrogens is 406 g/mol. The van der Waals surface area contributed by atoms with E-state index in [1.54, 1.807) is 6.07 Å². The van der Waals surface area contributed by atoms with Crippen molar-refractivity contribution in [2.45, 2.75) is 32.2 Å². The van der Waals surface area contributed by atoms with Crippen LogP contribution in [0.5, 0.6) is 0 Å².